The second-order valence-corrected chi connectivity index (χ2v) is 4.30. The molecule has 0 radical (unpaired) electrons. The third-order valence-corrected chi connectivity index (χ3v) is 2.77. The average Bonchev–Trinajstić information content (AvgIpc) is 3.00. The van der Waals surface area contributed by atoms with Crippen molar-refractivity contribution in [2.24, 2.45) is 5.10 Å². The Morgan fingerprint density at radius 1 is 1.74 bits per heavy atom. The topological polar surface area (TPSA) is 98.2 Å². The number of thioether (sulfide) groups is 1. The smallest absolute Gasteiger partial charge is 0.432 e. The van der Waals surface area contributed by atoms with Gasteiger partial charge in [0.1, 0.15) is 11.0 Å². The van der Waals surface area contributed by atoms with Crippen LogP contribution in [0.1, 0.15) is 0 Å². The van der Waals surface area contributed by atoms with Crippen molar-refractivity contribution in [1.29, 1.82) is 0 Å². The molecule has 104 valence electrons. The summed E-state index contributed by atoms with van der Waals surface area (Å²) in [5.41, 5.74) is 0. The number of furan rings is 1. The van der Waals surface area contributed by atoms with Crippen molar-refractivity contribution in [3.05, 3.63) is 28.5 Å². The van der Waals surface area contributed by atoms with Crippen LogP contribution in [-0.2, 0) is 4.74 Å². The number of hydrazone groups is 1. The van der Waals surface area contributed by atoms with Crippen LogP contribution in [0.4, 0.5) is 10.7 Å². The summed E-state index contributed by atoms with van der Waals surface area (Å²) < 4.78 is 9.33. The SMILES string of the molecule is C=NN1CC(CSC)OC1=O.O=[N+]([O-])c1ccco1. The van der Waals surface area contributed by atoms with Crippen molar-refractivity contribution >= 4 is 30.5 Å². The minimum Gasteiger partial charge on any atom is -0.442 e. The van der Waals surface area contributed by atoms with Crippen molar-refractivity contribution in [2.45, 2.75) is 6.10 Å². The summed E-state index contributed by atoms with van der Waals surface area (Å²) in [4.78, 5) is 20.0. The molecule has 1 unspecified atom stereocenters. The molecule has 0 aromatic carbocycles. The van der Waals surface area contributed by atoms with Crippen molar-refractivity contribution in [3.8, 4) is 0 Å². The van der Waals surface area contributed by atoms with E-state index in [1.807, 2.05) is 6.26 Å². The summed E-state index contributed by atoms with van der Waals surface area (Å²) in [6.07, 6.45) is 2.82. The molecule has 0 bridgehead atoms. The number of hydrogen-bond acceptors (Lipinski definition) is 7. The predicted octanol–water partition coefficient (Wildman–Crippen LogP) is 1.97. The van der Waals surface area contributed by atoms with Gasteiger partial charge in [-0.1, -0.05) is 0 Å². The monoisotopic (exact) mass is 287 g/mol. The molecule has 0 aliphatic carbocycles. The first-order valence-electron chi connectivity index (χ1n) is 5.20. The van der Waals surface area contributed by atoms with E-state index in [4.69, 9.17) is 4.74 Å². The van der Waals surface area contributed by atoms with Gasteiger partial charge >= 0.3 is 12.0 Å². The van der Waals surface area contributed by atoms with Gasteiger partial charge in [-0.3, -0.25) is 10.1 Å². The molecule has 0 saturated carbocycles. The summed E-state index contributed by atoms with van der Waals surface area (Å²) in [5, 5.41) is 14.5. The molecule has 1 aromatic heterocycles. The third-order valence-electron chi connectivity index (χ3n) is 2.06. The average molecular weight is 287 g/mol. The molecule has 0 spiro atoms. The van der Waals surface area contributed by atoms with Gasteiger partial charge in [0.25, 0.3) is 0 Å². The van der Waals surface area contributed by atoms with Gasteiger partial charge in [0.05, 0.1) is 18.9 Å². The Balaban J connectivity index is 0.000000200. The largest absolute Gasteiger partial charge is 0.442 e. The van der Waals surface area contributed by atoms with Crippen molar-refractivity contribution in [2.75, 3.05) is 18.6 Å². The van der Waals surface area contributed by atoms with E-state index in [0.717, 1.165) is 5.75 Å². The lowest BCUT2D eigenvalue weighted by Gasteiger charge is -2.03. The van der Waals surface area contributed by atoms with Gasteiger partial charge in [-0.05, 0) is 12.3 Å². The highest BCUT2D eigenvalue weighted by Crippen LogP contribution is 2.13. The molecule has 8 nitrogen and oxygen atoms in total. The van der Waals surface area contributed by atoms with Crippen LogP contribution in [-0.4, -0.2) is 47.4 Å². The fourth-order valence-corrected chi connectivity index (χ4v) is 1.82. The summed E-state index contributed by atoms with van der Waals surface area (Å²) in [7, 11) is 0. The highest BCUT2D eigenvalue weighted by Gasteiger charge is 2.29. The number of amides is 1. The lowest BCUT2D eigenvalue weighted by molar-refractivity contribution is -0.402. The zero-order valence-corrected chi connectivity index (χ0v) is 11.0. The summed E-state index contributed by atoms with van der Waals surface area (Å²) in [6, 6.07) is 2.76. The Kier molecular flexibility index (Phi) is 5.86. The van der Waals surface area contributed by atoms with Gasteiger partial charge in [-0.15, -0.1) is 0 Å². The van der Waals surface area contributed by atoms with Crippen LogP contribution in [0.5, 0.6) is 0 Å². The van der Waals surface area contributed by atoms with Crippen LogP contribution >= 0.6 is 11.8 Å². The van der Waals surface area contributed by atoms with E-state index in [1.165, 1.54) is 23.4 Å². The Morgan fingerprint density at radius 2 is 2.47 bits per heavy atom. The number of carbonyl (C=O) groups is 1. The van der Waals surface area contributed by atoms with E-state index in [1.54, 1.807) is 11.8 Å². The highest BCUT2D eigenvalue weighted by atomic mass is 32.2. The van der Waals surface area contributed by atoms with Gasteiger partial charge < -0.3 is 9.15 Å². The number of ether oxygens (including phenoxy) is 1. The summed E-state index contributed by atoms with van der Waals surface area (Å²) in [5.74, 6) is 0.600. The maximum absolute atomic E-state index is 10.9. The van der Waals surface area contributed by atoms with Gasteiger partial charge in [-0.2, -0.15) is 21.9 Å². The maximum Gasteiger partial charge on any atom is 0.432 e. The molecule has 1 fully saturated rings. The van der Waals surface area contributed by atoms with Crippen LogP contribution in [0.25, 0.3) is 0 Å². The van der Waals surface area contributed by atoms with Gasteiger partial charge in [0.2, 0.25) is 0 Å². The third kappa shape index (κ3) is 4.62. The van der Waals surface area contributed by atoms with Crippen molar-refractivity contribution in [3.63, 3.8) is 0 Å². The van der Waals surface area contributed by atoms with Gasteiger partial charge in [0, 0.05) is 12.5 Å². The molecule has 1 aliphatic heterocycles. The first-order chi connectivity index (χ1) is 9.08. The Morgan fingerprint density at radius 3 is 2.84 bits per heavy atom. The second-order valence-electron chi connectivity index (χ2n) is 3.39. The van der Waals surface area contributed by atoms with Crippen LogP contribution in [0.15, 0.2) is 27.9 Å². The number of nitro groups is 1. The molecule has 2 heterocycles. The first-order valence-corrected chi connectivity index (χ1v) is 6.59. The molecule has 1 aliphatic rings. The van der Waals surface area contributed by atoms with E-state index >= 15 is 0 Å². The van der Waals surface area contributed by atoms with E-state index in [-0.39, 0.29) is 18.1 Å². The normalized spacial score (nSPS) is 17.4. The maximum atomic E-state index is 10.9. The van der Waals surface area contributed by atoms with Crippen LogP contribution < -0.4 is 0 Å². The number of rotatable bonds is 4. The van der Waals surface area contributed by atoms with Gasteiger partial charge in [0.15, 0.2) is 0 Å². The highest BCUT2D eigenvalue weighted by molar-refractivity contribution is 7.98. The second kappa shape index (κ2) is 7.41. The van der Waals surface area contributed by atoms with E-state index in [9.17, 15) is 14.9 Å². The standard InChI is InChI=1S/C6H10N2O2S.C4H3NO3/c1-7-8-3-5(4-11-2)10-6(8)9;6-5(7)4-2-1-3-8-4/h5H,1,3-4H2,2H3;1-3H. The number of hydrogen-bond donors (Lipinski definition) is 0. The van der Waals surface area contributed by atoms with E-state index in [2.05, 4.69) is 16.2 Å². The minimum absolute atomic E-state index is 0.0250. The zero-order chi connectivity index (χ0) is 14.3. The van der Waals surface area contributed by atoms with Crippen LogP contribution in [0.3, 0.4) is 0 Å². The predicted molar refractivity (Wildman–Crippen MR) is 70.3 cm³/mol. The van der Waals surface area contributed by atoms with Crippen LogP contribution in [0, 0.1) is 10.1 Å². The van der Waals surface area contributed by atoms with Crippen molar-refractivity contribution in [1.82, 2.24) is 5.01 Å². The Hall–Kier alpha value is -2.03. The lowest BCUT2D eigenvalue weighted by Crippen LogP contribution is -2.19. The minimum atomic E-state index is -0.583. The lowest BCUT2D eigenvalue weighted by atomic mass is 10.4. The summed E-state index contributed by atoms with van der Waals surface area (Å²) in [6.45, 7) is 3.79. The fraction of sp³-hybridized carbons (Fsp3) is 0.400. The molecule has 1 aromatic rings. The Bertz CT molecular complexity index is 436. The Labute approximate surface area is 113 Å². The van der Waals surface area contributed by atoms with Crippen LogP contribution in [0.2, 0.25) is 0 Å². The fourth-order valence-electron chi connectivity index (χ4n) is 1.27. The number of nitrogens with zero attached hydrogens (tertiary/aromatic N) is 3. The molecule has 1 atom stereocenters. The molecule has 1 saturated heterocycles. The molecule has 0 N–H and O–H groups in total. The van der Waals surface area contributed by atoms with Crippen molar-refractivity contribution < 1.29 is 18.9 Å². The van der Waals surface area contributed by atoms with E-state index in [0.29, 0.717) is 6.54 Å². The van der Waals surface area contributed by atoms with E-state index < -0.39 is 4.92 Å². The molecule has 19 heavy (non-hydrogen) atoms. The summed E-state index contributed by atoms with van der Waals surface area (Å²) >= 11 is 1.65. The number of cyclic esters (lactones) is 1. The van der Waals surface area contributed by atoms with Gasteiger partial charge in [-0.25, -0.2) is 4.79 Å². The molecule has 9 heteroatoms. The quantitative estimate of drug-likeness (QED) is 0.477. The number of carbonyl (C=O) groups excluding carboxylic acids is 1. The molecular formula is C10H13N3O5S. The zero-order valence-electron chi connectivity index (χ0n) is 10.2. The molecular weight excluding hydrogens is 274 g/mol. The molecule has 1 amide bonds. The first kappa shape index (κ1) is 15.0. The molecule has 2 rings (SSSR count).